The largest absolute Gasteiger partial charge is 0.493 e. The Morgan fingerprint density at radius 2 is 1.65 bits per heavy atom. The smallest absolute Gasteiger partial charge is 0.253 e. The van der Waals surface area contributed by atoms with Crippen LogP contribution < -0.4 is 9.47 Å². The van der Waals surface area contributed by atoms with Crippen LogP contribution in [-0.2, 0) is 40.7 Å². The van der Waals surface area contributed by atoms with Gasteiger partial charge >= 0.3 is 0 Å². The van der Waals surface area contributed by atoms with Crippen molar-refractivity contribution in [2.24, 2.45) is 0 Å². The number of methoxy groups -OCH3 is 2. The quantitative estimate of drug-likeness (QED) is 0.539. The number of benzene rings is 2. The van der Waals surface area contributed by atoms with Crippen LogP contribution in [0.5, 0.6) is 11.5 Å². The van der Waals surface area contributed by atoms with Crippen molar-refractivity contribution in [3.8, 4) is 11.5 Å². The normalized spacial score (nSPS) is 18.2. The van der Waals surface area contributed by atoms with Crippen molar-refractivity contribution < 1.29 is 22.7 Å². The minimum absolute atomic E-state index is 0.171. The fourth-order valence-electron chi connectivity index (χ4n) is 4.77. The van der Waals surface area contributed by atoms with Crippen molar-refractivity contribution in [3.63, 3.8) is 0 Å². The van der Waals surface area contributed by atoms with E-state index in [2.05, 4.69) is 0 Å². The molecule has 3 heterocycles. The molecule has 2 aromatic carbocycles. The minimum atomic E-state index is -3.81. The zero-order valence-corrected chi connectivity index (χ0v) is 20.7. The molecule has 1 atom stereocenters. The highest BCUT2D eigenvalue weighted by atomic mass is 32.2. The van der Waals surface area contributed by atoms with Crippen LogP contribution in [-0.4, -0.2) is 50.3 Å². The Morgan fingerprint density at radius 1 is 0.941 bits per heavy atom. The van der Waals surface area contributed by atoms with Crippen molar-refractivity contribution in [3.05, 3.63) is 76.2 Å². The molecule has 1 aromatic heterocycles. The van der Waals surface area contributed by atoms with Gasteiger partial charge in [0.1, 0.15) is 10.3 Å². The highest BCUT2D eigenvalue weighted by molar-refractivity contribution is 7.91. The average molecular weight is 499 g/mol. The van der Waals surface area contributed by atoms with Crippen LogP contribution in [0, 0.1) is 0 Å². The molecule has 2 aliphatic rings. The maximum atomic E-state index is 13.8. The maximum Gasteiger partial charge on any atom is 0.253 e. The zero-order valence-electron chi connectivity index (χ0n) is 19.1. The minimum Gasteiger partial charge on any atom is -0.493 e. The molecule has 0 aliphatic carbocycles. The van der Waals surface area contributed by atoms with E-state index in [4.69, 9.17) is 9.47 Å². The fraction of sp³-hybridized carbons (Fsp3) is 0.320. The Kier molecular flexibility index (Phi) is 6.09. The summed E-state index contributed by atoms with van der Waals surface area (Å²) in [6.07, 6.45) is 1.03. The second-order valence-corrected chi connectivity index (χ2v) is 11.5. The number of hydrogen-bond acceptors (Lipinski definition) is 6. The summed E-state index contributed by atoms with van der Waals surface area (Å²) >= 11 is 1.17. The first kappa shape index (κ1) is 22.9. The van der Waals surface area contributed by atoms with E-state index in [-0.39, 0.29) is 16.7 Å². The first-order valence-corrected chi connectivity index (χ1v) is 13.4. The van der Waals surface area contributed by atoms with Crippen LogP contribution in [0.1, 0.15) is 22.3 Å². The van der Waals surface area contributed by atoms with Crippen molar-refractivity contribution >= 4 is 27.3 Å². The molecule has 0 spiro atoms. The highest BCUT2D eigenvalue weighted by Gasteiger charge is 2.42. The van der Waals surface area contributed by atoms with Crippen LogP contribution in [0.4, 0.5) is 0 Å². The first-order valence-electron chi connectivity index (χ1n) is 11.1. The molecule has 1 amide bonds. The van der Waals surface area contributed by atoms with E-state index in [0.29, 0.717) is 37.4 Å². The average Bonchev–Trinajstić information content (AvgIpc) is 3.42. The van der Waals surface area contributed by atoms with Crippen LogP contribution in [0.3, 0.4) is 0 Å². The summed E-state index contributed by atoms with van der Waals surface area (Å²) in [6, 6.07) is 14.1. The van der Waals surface area contributed by atoms with Gasteiger partial charge in [-0.2, -0.15) is 4.31 Å². The molecule has 5 rings (SSSR count). The molecule has 9 heteroatoms. The number of rotatable bonds is 5. The van der Waals surface area contributed by atoms with Gasteiger partial charge in [-0.3, -0.25) is 4.79 Å². The number of nitrogens with zero attached hydrogens (tertiary/aromatic N) is 2. The molecule has 0 saturated heterocycles. The number of thiophene rings is 1. The molecule has 0 saturated carbocycles. The van der Waals surface area contributed by atoms with E-state index in [1.165, 1.54) is 15.6 Å². The second-order valence-electron chi connectivity index (χ2n) is 8.46. The van der Waals surface area contributed by atoms with Crippen LogP contribution in [0.25, 0.3) is 0 Å². The van der Waals surface area contributed by atoms with E-state index in [0.717, 1.165) is 22.3 Å². The van der Waals surface area contributed by atoms with Gasteiger partial charge in [-0.25, -0.2) is 8.42 Å². The molecule has 0 radical (unpaired) electrons. The summed E-state index contributed by atoms with van der Waals surface area (Å²) in [6.45, 7) is 1.11. The van der Waals surface area contributed by atoms with Gasteiger partial charge < -0.3 is 14.4 Å². The summed E-state index contributed by atoms with van der Waals surface area (Å²) in [7, 11) is -0.617. The Balaban J connectivity index is 1.48. The van der Waals surface area contributed by atoms with E-state index in [9.17, 15) is 13.2 Å². The molecule has 0 N–H and O–H groups in total. The van der Waals surface area contributed by atoms with Gasteiger partial charge in [0.05, 0.1) is 14.2 Å². The summed E-state index contributed by atoms with van der Waals surface area (Å²) in [5.74, 6) is 1.11. The van der Waals surface area contributed by atoms with Crippen LogP contribution >= 0.6 is 11.3 Å². The Hall–Kier alpha value is -2.88. The monoisotopic (exact) mass is 498 g/mol. The van der Waals surface area contributed by atoms with Gasteiger partial charge in [-0.05, 0) is 58.7 Å². The number of carbonyl (C=O) groups is 1. The third kappa shape index (κ3) is 3.97. The molecular weight excluding hydrogens is 472 g/mol. The molecule has 178 valence electrons. The standard InChI is InChI=1S/C25H26N2O5S2/c1-31-22-13-18-9-10-26(15-20(18)14-23(22)32-2)25(28)21-12-17-6-3-4-7-19(17)16-27(21)34(29,30)24-8-5-11-33-24/h3-8,11,13-14,21H,9-10,12,15-16H2,1-2H3. The number of carbonyl (C=O) groups excluding carboxylic acids is 1. The lowest BCUT2D eigenvalue weighted by atomic mass is 9.93. The van der Waals surface area contributed by atoms with E-state index < -0.39 is 16.1 Å². The van der Waals surface area contributed by atoms with E-state index >= 15 is 0 Å². The first-order chi connectivity index (χ1) is 16.4. The Morgan fingerprint density at radius 3 is 2.32 bits per heavy atom. The molecule has 3 aromatic rings. The van der Waals surface area contributed by atoms with E-state index in [1.54, 1.807) is 36.6 Å². The summed E-state index contributed by atoms with van der Waals surface area (Å²) in [5.41, 5.74) is 4.05. The highest BCUT2D eigenvalue weighted by Crippen LogP contribution is 2.35. The maximum absolute atomic E-state index is 13.8. The zero-order chi connectivity index (χ0) is 23.9. The van der Waals surface area contributed by atoms with Gasteiger partial charge in [0.2, 0.25) is 5.91 Å². The van der Waals surface area contributed by atoms with Gasteiger partial charge in [-0.1, -0.05) is 30.3 Å². The number of fused-ring (bicyclic) bond motifs is 2. The second kappa shape index (κ2) is 9.05. The third-order valence-corrected chi connectivity index (χ3v) is 9.81. The molecule has 0 bridgehead atoms. The number of amides is 1. The lowest BCUT2D eigenvalue weighted by molar-refractivity contribution is -0.136. The van der Waals surface area contributed by atoms with Crippen LogP contribution in [0.2, 0.25) is 0 Å². The molecular formula is C25H26N2O5S2. The van der Waals surface area contributed by atoms with Gasteiger partial charge in [0, 0.05) is 19.6 Å². The molecule has 2 aliphatic heterocycles. The topological polar surface area (TPSA) is 76.2 Å². The number of sulfonamides is 1. The Labute approximate surface area is 203 Å². The van der Waals surface area contributed by atoms with Gasteiger partial charge in [0.25, 0.3) is 10.0 Å². The lowest BCUT2D eigenvalue weighted by Gasteiger charge is -2.39. The summed E-state index contributed by atoms with van der Waals surface area (Å²) in [4.78, 5) is 15.6. The number of hydrogen-bond donors (Lipinski definition) is 0. The third-order valence-electron chi connectivity index (χ3n) is 6.58. The molecule has 7 nitrogen and oxygen atoms in total. The Bertz CT molecular complexity index is 1320. The van der Waals surface area contributed by atoms with Crippen LogP contribution in [0.15, 0.2) is 58.1 Å². The SMILES string of the molecule is COc1cc2c(cc1OC)CN(C(=O)C1Cc3ccccc3CN1S(=O)(=O)c1cccs1)CC2. The van der Waals surface area contributed by atoms with Crippen molar-refractivity contribution in [2.45, 2.75) is 36.2 Å². The molecule has 0 fully saturated rings. The number of ether oxygens (including phenoxy) is 2. The predicted molar refractivity (Wildman–Crippen MR) is 130 cm³/mol. The lowest BCUT2D eigenvalue weighted by Crippen LogP contribution is -2.54. The molecule has 34 heavy (non-hydrogen) atoms. The van der Waals surface area contributed by atoms with Crippen molar-refractivity contribution in [2.75, 3.05) is 20.8 Å². The predicted octanol–water partition coefficient (Wildman–Crippen LogP) is 3.47. The summed E-state index contributed by atoms with van der Waals surface area (Å²) < 4.78 is 39.6. The van der Waals surface area contributed by atoms with E-state index in [1.807, 2.05) is 36.4 Å². The van der Waals surface area contributed by atoms with Crippen molar-refractivity contribution in [1.82, 2.24) is 9.21 Å². The van der Waals surface area contributed by atoms with Gasteiger partial charge in [0.15, 0.2) is 11.5 Å². The van der Waals surface area contributed by atoms with Gasteiger partial charge in [-0.15, -0.1) is 11.3 Å². The fourth-order valence-corrected chi connectivity index (χ4v) is 7.45. The molecule has 1 unspecified atom stereocenters. The summed E-state index contributed by atoms with van der Waals surface area (Å²) in [5, 5.41) is 1.74. The van der Waals surface area contributed by atoms with Crippen molar-refractivity contribution in [1.29, 1.82) is 0 Å².